The molecule has 0 aliphatic carbocycles. The minimum atomic E-state index is 1.15. The molecule has 0 atom stereocenters. The first-order chi connectivity index (χ1) is 9.76. The summed E-state index contributed by atoms with van der Waals surface area (Å²) in [7, 11) is 0. The molecule has 0 amide bonds. The second-order valence-electron chi connectivity index (χ2n) is 5.66. The van der Waals surface area contributed by atoms with E-state index in [0.717, 1.165) is 13.0 Å². The fourth-order valence-corrected chi connectivity index (χ4v) is 2.88. The number of hydrogen-bond acceptors (Lipinski definition) is 1. The van der Waals surface area contributed by atoms with Crippen molar-refractivity contribution in [3.05, 3.63) is 34.4 Å². The van der Waals surface area contributed by atoms with E-state index < -0.39 is 0 Å². The molecule has 0 heterocycles. The van der Waals surface area contributed by atoms with Crippen molar-refractivity contribution in [3.63, 3.8) is 0 Å². The molecular weight excluding hydrogens is 242 g/mol. The topological polar surface area (TPSA) is 12.0 Å². The number of nitrogens with one attached hydrogen (secondary N) is 1. The highest BCUT2D eigenvalue weighted by atomic mass is 14.8. The Balaban J connectivity index is 2.63. The molecule has 0 fully saturated rings. The van der Waals surface area contributed by atoms with Gasteiger partial charge in [-0.05, 0) is 80.3 Å². The zero-order valence-corrected chi connectivity index (χ0v) is 14.0. The van der Waals surface area contributed by atoms with Crippen LogP contribution in [0.25, 0.3) is 0 Å². The summed E-state index contributed by atoms with van der Waals surface area (Å²) in [5, 5.41) is 3.50. The highest BCUT2D eigenvalue weighted by Crippen LogP contribution is 2.22. The Morgan fingerprint density at radius 1 is 0.800 bits per heavy atom. The van der Waals surface area contributed by atoms with E-state index in [1.165, 1.54) is 50.6 Å². The standard InChI is InChI=1S/C19H33N/c1-5-12-20-13-10-9-11-19-17(7-3)14-16(6-2)15-18(19)8-4/h14-15,20H,5-13H2,1-4H3. The highest BCUT2D eigenvalue weighted by molar-refractivity contribution is 5.39. The summed E-state index contributed by atoms with van der Waals surface area (Å²) in [5.41, 5.74) is 6.32. The Kier molecular flexibility index (Phi) is 8.60. The molecule has 0 saturated carbocycles. The van der Waals surface area contributed by atoms with Crippen LogP contribution in [-0.4, -0.2) is 13.1 Å². The zero-order valence-electron chi connectivity index (χ0n) is 14.0. The number of rotatable bonds is 10. The van der Waals surface area contributed by atoms with Gasteiger partial charge in [-0.1, -0.05) is 39.8 Å². The van der Waals surface area contributed by atoms with Crippen molar-refractivity contribution in [2.75, 3.05) is 13.1 Å². The van der Waals surface area contributed by atoms with E-state index in [1.807, 2.05) is 0 Å². The molecule has 1 N–H and O–H groups in total. The molecule has 0 bridgehead atoms. The molecule has 1 aromatic rings. The molecule has 0 spiro atoms. The van der Waals surface area contributed by atoms with E-state index in [4.69, 9.17) is 0 Å². The van der Waals surface area contributed by atoms with Crippen LogP contribution in [-0.2, 0) is 25.7 Å². The second kappa shape index (κ2) is 9.99. The summed E-state index contributed by atoms with van der Waals surface area (Å²) < 4.78 is 0. The predicted octanol–water partition coefficient (Wildman–Crippen LogP) is 4.70. The third-order valence-corrected chi connectivity index (χ3v) is 4.12. The predicted molar refractivity (Wildman–Crippen MR) is 90.7 cm³/mol. The Morgan fingerprint density at radius 2 is 1.45 bits per heavy atom. The van der Waals surface area contributed by atoms with Gasteiger partial charge in [0, 0.05) is 0 Å². The number of benzene rings is 1. The third kappa shape index (κ3) is 5.28. The summed E-state index contributed by atoms with van der Waals surface area (Å²) in [6.45, 7) is 11.4. The van der Waals surface area contributed by atoms with Gasteiger partial charge in [-0.2, -0.15) is 0 Å². The Bertz CT molecular complexity index is 356. The van der Waals surface area contributed by atoms with Crippen molar-refractivity contribution >= 4 is 0 Å². The van der Waals surface area contributed by atoms with Gasteiger partial charge in [0.15, 0.2) is 0 Å². The van der Waals surface area contributed by atoms with Gasteiger partial charge in [0.1, 0.15) is 0 Å². The fraction of sp³-hybridized carbons (Fsp3) is 0.684. The molecule has 0 aliphatic rings. The summed E-state index contributed by atoms with van der Waals surface area (Å²) in [6.07, 6.45) is 8.59. The van der Waals surface area contributed by atoms with Gasteiger partial charge in [-0.15, -0.1) is 0 Å². The monoisotopic (exact) mass is 275 g/mol. The maximum atomic E-state index is 3.50. The van der Waals surface area contributed by atoms with E-state index in [1.54, 1.807) is 16.7 Å². The maximum absolute atomic E-state index is 3.50. The smallest absolute Gasteiger partial charge is 0.00488 e. The first kappa shape index (κ1) is 17.2. The molecule has 1 nitrogen and oxygen atoms in total. The van der Waals surface area contributed by atoms with Crippen molar-refractivity contribution in [1.82, 2.24) is 5.32 Å². The SMILES string of the molecule is CCCNCCCCc1c(CC)cc(CC)cc1CC. The van der Waals surface area contributed by atoms with Crippen LogP contribution in [0.5, 0.6) is 0 Å². The van der Waals surface area contributed by atoms with Gasteiger partial charge in [0.25, 0.3) is 0 Å². The molecule has 0 unspecified atom stereocenters. The fourth-order valence-electron chi connectivity index (χ4n) is 2.88. The van der Waals surface area contributed by atoms with Crippen LogP contribution < -0.4 is 5.32 Å². The molecule has 0 radical (unpaired) electrons. The second-order valence-corrected chi connectivity index (χ2v) is 5.66. The molecule has 0 aliphatic heterocycles. The molecule has 0 aromatic heterocycles. The van der Waals surface area contributed by atoms with Crippen LogP contribution in [0.3, 0.4) is 0 Å². The lowest BCUT2D eigenvalue weighted by molar-refractivity contribution is 0.615. The van der Waals surface area contributed by atoms with E-state index in [-0.39, 0.29) is 0 Å². The van der Waals surface area contributed by atoms with E-state index in [0.29, 0.717) is 0 Å². The van der Waals surface area contributed by atoms with Crippen LogP contribution in [0.4, 0.5) is 0 Å². The van der Waals surface area contributed by atoms with E-state index in [2.05, 4.69) is 45.1 Å². The summed E-state index contributed by atoms with van der Waals surface area (Å²) in [6, 6.07) is 4.87. The highest BCUT2D eigenvalue weighted by Gasteiger charge is 2.08. The Hall–Kier alpha value is -0.820. The molecule has 0 saturated heterocycles. The van der Waals surface area contributed by atoms with Crippen molar-refractivity contribution in [1.29, 1.82) is 0 Å². The molecule has 1 heteroatoms. The zero-order chi connectivity index (χ0) is 14.8. The van der Waals surface area contributed by atoms with Gasteiger partial charge in [0.2, 0.25) is 0 Å². The molecule has 1 aromatic carbocycles. The van der Waals surface area contributed by atoms with Crippen LogP contribution >= 0.6 is 0 Å². The molecule has 1 rings (SSSR count). The number of unbranched alkanes of at least 4 members (excludes halogenated alkanes) is 1. The number of aryl methyl sites for hydroxylation is 3. The van der Waals surface area contributed by atoms with E-state index >= 15 is 0 Å². The lowest BCUT2D eigenvalue weighted by Gasteiger charge is -2.15. The Morgan fingerprint density at radius 3 is 1.95 bits per heavy atom. The maximum Gasteiger partial charge on any atom is -0.00488 e. The van der Waals surface area contributed by atoms with Crippen molar-refractivity contribution in [2.24, 2.45) is 0 Å². The summed E-state index contributed by atoms with van der Waals surface area (Å²) >= 11 is 0. The van der Waals surface area contributed by atoms with Crippen molar-refractivity contribution < 1.29 is 0 Å². The molecular formula is C19H33N. The van der Waals surface area contributed by atoms with Gasteiger partial charge < -0.3 is 5.32 Å². The van der Waals surface area contributed by atoms with Gasteiger partial charge in [-0.3, -0.25) is 0 Å². The third-order valence-electron chi connectivity index (χ3n) is 4.12. The minimum Gasteiger partial charge on any atom is -0.317 e. The number of hydrogen-bond donors (Lipinski definition) is 1. The lowest BCUT2D eigenvalue weighted by Crippen LogP contribution is -2.16. The van der Waals surface area contributed by atoms with E-state index in [9.17, 15) is 0 Å². The van der Waals surface area contributed by atoms with Crippen LogP contribution in [0.15, 0.2) is 12.1 Å². The van der Waals surface area contributed by atoms with Crippen molar-refractivity contribution in [3.8, 4) is 0 Å². The lowest BCUT2D eigenvalue weighted by atomic mass is 9.90. The average molecular weight is 275 g/mol. The van der Waals surface area contributed by atoms with Gasteiger partial charge >= 0.3 is 0 Å². The molecule has 114 valence electrons. The first-order valence-electron chi connectivity index (χ1n) is 8.60. The first-order valence-corrected chi connectivity index (χ1v) is 8.60. The quantitative estimate of drug-likeness (QED) is 0.611. The summed E-state index contributed by atoms with van der Waals surface area (Å²) in [4.78, 5) is 0. The van der Waals surface area contributed by atoms with Crippen molar-refractivity contribution in [2.45, 2.75) is 72.6 Å². The van der Waals surface area contributed by atoms with Crippen LogP contribution in [0.2, 0.25) is 0 Å². The average Bonchev–Trinajstić information content (AvgIpc) is 2.50. The van der Waals surface area contributed by atoms with Gasteiger partial charge in [0.05, 0.1) is 0 Å². The normalized spacial score (nSPS) is 11.0. The van der Waals surface area contributed by atoms with Crippen LogP contribution in [0.1, 0.15) is 69.2 Å². The summed E-state index contributed by atoms with van der Waals surface area (Å²) in [5.74, 6) is 0. The van der Waals surface area contributed by atoms with Crippen LogP contribution in [0, 0.1) is 0 Å². The Labute approximate surface area is 126 Å². The molecule has 20 heavy (non-hydrogen) atoms. The largest absolute Gasteiger partial charge is 0.317 e. The van der Waals surface area contributed by atoms with Gasteiger partial charge in [-0.25, -0.2) is 0 Å². The minimum absolute atomic E-state index is 1.15.